The molecule has 0 unspecified atom stereocenters. The van der Waals surface area contributed by atoms with Gasteiger partial charge in [0.05, 0.1) is 13.2 Å². The van der Waals surface area contributed by atoms with Crippen molar-refractivity contribution in [3.05, 3.63) is 47.3 Å². The third-order valence-corrected chi connectivity index (χ3v) is 4.95. The largest absolute Gasteiger partial charge is 0.379 e. The normalized spacial score (nSPS) is 17.0. The molecule has 0 aliphatic carbocycles. The van der Waals surface area contributed by atoms with Crippen molar-refractivity contribution in [1.82, 2.24) is 9.47 Å². The molecule has 0 radical (unpaired) electrons. The average Bonchev–Trinajstić information content (AvgIpc) is 2.90. The highest BCUT2D eigenvalue weighted by Gasteiger charge is 2.18. The lowest BCUT2D eigenvalue weighted by atomic mass is 10.0. The molecule has 1 aliphatic rings. The van der Waals surface area contributed by atoms with Gasteiger partial charge in [-0.15, -0.1) is 0 Å². The van der Waals surface area contributed by atoms with Gasteiger partial charge < -0.3 is 9.30 Å². The Morgan fingerprint density at radius 2 is 1.83 bits per heavy atom. The Bertz CT molecular complexity index is 718. The molecule has 1 aromatic carbocycles. The lowest BCUT2D eigenvalue weighted by molar-refractivity contribution is 0.0198. The van der Waals surface area contributed by atoms with Crippen LogP contribution in [-0.4, -0.2) is 35.8 Å². The molecule has 0 saturated carbocycles. The van der Waals surface area contributed by atoms with E-state index in [4.69, 9.17) is 4.74 Å². The van der Waals surface area contributed by atoms with Crippen LogP contribution in [0, 0.1) is 18.3 Å². The van der Waals surface area contributed by atoms with E-state index in [0.717, 1.165) is 43.1 Å². The summed E-state index contributed by atoms with van der Waals surface area (Å²) in [5.41, 5.74) is 5.44. The highest BCUT2D eigenvalue weighted by molar-refractivity contribution is 5.68. The van der Waals surface area contributed by atoms with Gasteiger partial charge >= 0.3 is 0 Å². The molecule has 23 heavy (non-hydrogen) atoms. The summed E-state index contributed by atoms with van der Waals surface area (Å²) >= 11 is 0. The summed E-state index contributed by atoms with van der Waals surface area (Å²) < 4.78 is 7.37. The number of hydrogen-bond acceptors (Lipinski definition) is 3. The molecule has 4 nitrogen and oxygen atoms in total. The van der Waals surface area contributed by atoms with Crippen molar-refractivity contribution in [3.63, 3.8) is 0 Å². The van der Waals surface area contributed by atoms with Crippen LogP contribution in [0.25, 0.3) is 11.1 Å². The molecule has 0 bridgehead atoms. The number of rotatable bonds is 3. The number of ether oxygens (including phenoxy) is 1. The van der Waals surface area contributed by atoms with Crippen molar-refractivity contribution in [2.45, 2.75) is 19.9 Å². The third kappa shape index (κ3) is 3.03. The highest BCUT2D eigenvalue weighted by atomic mass is 16.5. The van der Waals surface area contributed by atoms with E-state index in [1.54, 1.807) is 0 Å². The molecule has 0 N–H and O–H groups in total. The molecule has 4 heteroatoms. The number of morpholine rings is 1. The van der Waals surface area contributed by atoms with Crippen LogP contribution in [0.15, 0.2) is 30.3 Å². The zero-order valence-corrected chi connectivity index (χ0v) is 14.0. The van der Waals surface area contributed by atoms with E-state index in [9.17, 15) is 5.26 Å². The first-order chi connectivity index (χ1) is 11.1. The Morgan fingerprint density at radius 1 is 1.17 bits per heavy atom. The first-order valence-corrected chi connectivity index (χ1v) is 8.10. The molecular weight excluding hydrogens is 286 g/mol. The maximum Gasteiger partial charge on any atom is 0.120 e. The standard InChI is InChI=1S/C19H23N3O/c1-14(22-8-10-23-11-9-22)16-4-6-17(7-5-16)19-12-18(13-20)21(3)15(19)2/h4-7,12,14H,8-11H2,1-3H3/t14-/m1/s1. The quantitative estimate of drug-likeness (QED) is 0.874. The van der Waals surface area contributed by atoms with Gasteiger partial charge in [-0.2, -0.15) is 5.26 Å². The van der Waals surface area contributed by atoms with E-state index < -0.39 is 0 Å². The van der Waals surface area contributed by atoms with Gasteiger partial charge in [-0.3, -0.25) is 4.90 Å². The van der Waals surface area contributed by atoms with Crippen molar-refractivity contribution in [3.8, 4) is 17.2 Å². The number of nitrogens with zero attached hydrogens (tertiary/aromatic N) is 3. The van der Waals surface area contributed by atoms with Crippen molar-refractivity contribution in [2.75, 3.05) is 26.3 Å². The smallest absolute Gasteiger partial charge is 0.120 e. The fourth-order valence-corrected chi connectivity index (χ4v) is 3.22. The SMILES string of the molecule is Cc1c(-c2ccc([C@@H](C)N3CCOCC3)cc2)cc(C#N)n1C. The topological polar surface area (TPSA) is 41.2 Å². The lowest BCUT2D eigenvalue weighted by Gasteiger charge is -2.32. The molecule has 1 atom stereocenters. The van der Waals surface area contributed by atoms with Crippen LogP contribution >= 0.6 is 0 Å². The maximum absolute atomic E-state index is 9.18. The predicted molar refractivity (Wildman–Crippen MR) is 91.1 cm³/mol. The minimum absolute atomic E-state index is 0.402. The minimum Gasteiger partial charge on any atom is -0.379 e. The van der Waals surface area contributed by atoms with Gasteiger partial charge in [0.1, 0.15) is 11.8 Å². The summed E-state index contributed by atoms with van der Waals surface area (Å²) in [6.07, 6.45) is 0. The Kier molecular flexibility index (Phi) is 4.51. The molecule has 0 amide bonds. The zero-order valence-electron chi connectivity index (χ0n) is 14.0. The van der Waals surface area contributed by atoms with Gasteiger partial charge in [0.25, 0.3) is 0 Å². The molecular formula is C19H23N3O. The zero-order chi connectivity index (χ0) is 16.4. The van der Waals surface area contributed by atoms with Crippen LogP contribution in [0.4, 0.5) is 0 Å². The summed E-state index contributed by atoms with van der Waals surface area (Å²) in [5, 5.41) is 9.18. The minimum atomic E-state index is 0.402. The third-order valence-electron chi connectivity index (χ3n) is 4.95. The second-order valence-corrected chi connectivity index (χ2v) is 6.15. The lowest BCUT2D eigenvalue weighted by Crippen LogP contribution is -2.37. The summed E-state index contributed by atoms with van der Waals surface area (Å²) in [6.45, 7) is 7.94. The van der Waals surface area contributed by atoms with Gasteiger partial charge in [-0.05, 0) is 31.0 Å². The van der Waals surface area contributed by atoms with Crippen LogP contribution in [0.5, 0.6) is 0 Å². The van der Waals surface area contributed by atoms with Gasteiger partial charge in [-0.25, -0.2) is 0 Å². The summed E-state index contributed by atoms with van der Waals surface area (Å²) in [7, 11) is 1.94. The molecule has 1 aliphatic heterocycles. The second-order valence-electron chi connectivity index (χ2n) is 6.15. The second kappa shape index (κ2) is 6.57. The average molecular weight is 309 g/mol. The van der Waals surface area contributed by atoms with Crippen molar-refractivity contribution < 1.29 is 4.74 Å². The monoisotopic (exact) mass is 309 g/mol. The van der Waals surface area contributed by atoms with Gasteiger partial charge in [0.2, 0.25) is 0 Å². The Hall–Kier alpha value is -2.09. The Morgan fingerprint density at radius 3 is 2.39 bits per heavy atom. The van der Waals surface area contributed by atoms with E-state index in [2.05, 4.69) is 49.1 Å². The summed E-state index contributed by atoms with van der Waals surface area (Å²) in [4.78, 5) is 2.46. The highest BCUT2D eigenvalue weighted by Crippen LogP contribution is 2.29. The van der Waals surface area contributed by atoms with Gasteiger partial charge in [0.15, 0.2) is 0 Å². The Balaban J connectivity index is 1.83. The number of nitriles is 1. The molecule has 3 rings (SSSR count). The van der Waals surface area contributed by atoms with Gasteiger partial charge in [-0.1, -0.05) is 24.3 Å². The fraction of sp³-hybridized carbons (Fsp3) is 0.421. The van der Waals surface area contributed by atoms with Crippen LogP contribution in [0.3, 0.4) is 0 Å². The van der Waals surface area contributed by atoms with Crippen LogP contribution in [-0.2, 0) is 11.8 Å². The van der Waals surface area contributed by atoms with E-state index in [0.29, 0.717) is 11.7 Å². The van der Waals surface area contributed by atoms with Crippen molar-refractivity contribution >= 4 is 0 Å². The molecule has 0 spiro atoms. The molecule has 1 fully saturated rings. The van der Waals surface area contributed by atoms with Crippen molar-refractivity contribution in [2.24, 2.45) is 7.05 Å². The van der Waals surface area contributed by atoms with Crippen LogP contribution < -0.4 is 0 Å². The summed E-state index contributed by atoms with van der Waals surface area (Å²) in [5.74, 6) is 0. The van der Waals surface area contributed by atoms with E-state index >= 15 is 0 Å². The van der Waals surface area contributed by atoms with Crippen LogP contribution in [0.2, 0.25) is 0 Å². The van der Waals surface area contributed by atoms with E-state index in [-0.39, 0.29) is 0 Å². The first-order valence-electron chi connectivity index (χ1n) is 8.10. The molecule has 1 saturated heterocycles. The maximum atomic E-state index is 9.18. The number of benzene rings is 1. The van der Waals surface area contributed by atoms with Crippen LogP contribution in [0.1, 0.15) is 29.9 Å². The van der Waals surface area contributed by atoms with Gasteiger partial charge in [0, 0.05) is 37.4 Å². The van der Waals surface area contributed by atoms with Crippen molar-refractivity contribution in [1.29, 1.82) is 5.26 Å². The molecule has 2 aromatic rings. The fourth-order valence-electron chi connectivity index (χ4n) is 3.22. The number of hydrogen-bond donors (Lipinski definition) is 0. The number of aromatic nitrogens is 1. The Labute approximate surface area is 137 Å². The molecule has 2 heterocycles. The summed E-state index contributed by atoms with van der Waals surface area (Å²) in [6, 6.07) is 13.3. The molecule has 1 aromatic heterocycles. The predicted octanol–water partition coefficient (Wildman–Crippen LogP) is 3.27. The van der Waals surface area contributed by atoms with E-state index in [1.807, 2.05) is 17.7 Å². The van der Waals surface area contributed by atoms with E-state index in [1.165, 1.54) is 5.56 Å². The molecule has 120 valence electrons. The first kappa shape index (κ1) is 15.8.